The molecule has 1 aliphatic heterocycles. The van der Waals surface area contributed by atoms with Gasteiger partial charge in [-0.15, -0.1) is 0 Å². The van der Waals surface area contributed by atoms with Crippen molar-refractivity contribution in [3.8, 4) is 5.75 Å². The molecule has 3 aromatic rings. The summed E-state index contributed by atoms with van der Waals surface area (Å²) >= 11 is 0. The lowest BCUT2D eigenvalue weighted by Crippen LogP contribution is -2.32. The Labute approximate surface area is 174 Å². The molecule has 0 fully saturated rings. The van der Waals surface area contributed by atoms with Crippen molar-refractivity contribution in [2.45, 2.75) is 39.8 Å². The van der Waals surface area contributed by atoms with Crippen LogP contribution in [0.1, 0.15) is 35.6 Å². The van der Waals surface area contributed by atoms with Crippen LogP contribution < -0.4 is 10.4 Å². The van der Waals surface area contributed by atoms with Gasteiger partial charge in [0.05, 0.1) is 12.2 Å². The molecule has 3 heterocycles. The second-order valence-corrected chi connectivity index (χ2v) is 7.39. The molecule has 1 aromatic carbocycles. The molecule has 0 spiro atoms. The zero-order chi connectivity index (χ0) is 21.1. The highest BCUT2D eigenvalue weighted by Gasteiger charge is 2.25. The molecule has 0 aliphatic carbocycles. The number of carbonyl (C=O) groups excluding carboxylic acids is 1. The SMILES string of the molecule is CCOC(=O)CCc1cc2c(C)cc(=O)oc2c2c1OCN(Cc1ccncc1)C2. The molecule has 0 radical (unpaired) electrons. The first-order chi connectivity index (χ1) is 14.5. The molecule has 7 nitrogen and oxygen atoms in total. The number of aryl methyl sites for hydroxylation is 2. The number of nitrogens with zero attached hydrogens (tertiary/aromatic N) is 2. The lowest BCUT2D eigenvalue weighted by atomic mass is 9.97. The van der Waals surface area contributed by atoms with Gasteiger partial charge >= 0.3 is 11.6 Å². The van der Waals surface area contributed by atoms with E-state index in [1.54, 1.807) is 19.3 Å². The number of ether oxygens (including phenoxy) is 2. The van der Waals surface area contributed by atoms with E-state index >= 15 is 0 Å². The summed E-state index contributed by atoms with van der Waals surface area (Å²) < 4.78 is 16.8. The Bertz CT molecular complexity index is 1120. The van der Waals surface area contributed by atoms with Crippen LogP contribution in [0.15, 0.2) is 45.9 Å². The Balaban J connectivity index is 1.71. The fraction of sp³-hybridized carbons (Fsp3) is 0.348. The highest BCUT2D eigenvalue weighted by molar-refractivity contribution is 5.86. The van der Waals surface area contributed by atoms with Crippen LogP contribution in [-0.2, 0) is 29.0 Å². The topological polar surface area (TPSA) is 81.9 Å². The van der Waals surface area contributed by atoms with Crippen LogP contribution in [0.3, 0.4) is 0 Å². The van der Waals surface area contributed by atoms with Gasteiger partial charge in [-0.2, -0.15) is 0 Å². The van der Waals surface area contributed by atoms with E-state index < -0.39 is 0 Å². The van der Waals surface area contributed by atoms with E-state index in [1.165, 1.54) is 6.07 Å². The van der Waals surface area contributed by atoms with Crippen molar-refractivity contribution in [1.29, 1.82) is 0 Å². The first-order valence-corrected chi connectivity index (χ1v) is 10.0. The molecular weight excluding hydrogens is 384 g/mol. The quantitative estimate of drug-likeness (QED) is 0.457. The lowest BCUT2D eigenvalue weighted by molar-refractivity contribution is -0.143. The Morgan fingerprint density at radius 3 is 2.83 bits per heavy atom. The molecule has 1 aliphatic rings. The third kappa shape index (κ3) is 4.21. The van der Waals surface area contributed by atoms with Crippen LogP contribution in [0.25, 0.3) is 11.0 Å². The maximum absolute atomic E-state index is 12.0. The minimum atomic E-state index is -0.382. The number of aromatic nitrogens is 1. The lowest BCUT2D eigenvalue weighted by Gasteiger charge is -2.31. The molecule has 2 aromatic heterocycles. The third-order valence-corrected chi connectivity index (χ3v) is 5.20. The van der Waals surface area contributed by atoms with E-state index in [0.717, 1.165) is 27.6 Å². The van der Waals surface area contributed by atoms with Gasteiger partial charge in [0.25, 0.3) is 0 Å². The van der Waals surface area contributed by atoms with Crippen molar-refractivity contribution < 1.29 is 18.7 Å². The fourth-order valence-corrected chi connectivity index (χ4v) is 3.81. The molecule has 0 N–H and O–H groups in total. The van der Waals surface area contributed by atoms with E-state index in [4.69, 9.17) is 13.9 Å². The minimum Gasteiger partial charge on any atom is -0.477 e. The number of esters is 1. The number of pyridine rings is 1. The molecule has 156 valence electrons. The van der Waals surface area contributed by atoms with Crippen LogP contribution in [0.2, 0.25) is 0 Å². The van der Waals surface area contributed by atoms with Gasteiger partial charge in [0.2, 0.25) is 0 Å². The Kier molecular flexibility index (Phi) is 5.81. The van der Waals surface area contributed by atoms with Crippen LogP contribution >= 0.6 is 0 Å². The number of benzene rings is 1. The van der Waals surface area contributed by atoms with Gasteiger partial charge in [-0.05, 0) is 55.2 Å². The van der Waals surface area contributed by atoms with Crippen molar-refractivity contribution >= 4 is 16.9 Å². The van der Waals surface area contributed by atoms with Gasteiger partial charge in [-0.3, -0.25) is 14.7 Å². The highest BCUT2D eigenvalue weighted by atomic mass is 16.5. The summed E-state index contributed by atoms with van der Waals surface area (Å²) in [5, 5.41) is 0.863. The number of carbonyl (C=O) groups is 1. The summed E-state index contributed by atoms with van der Waals surface area (Å²) in [5.41, 5.74) is 3.89. The van der Waals surface area contributed by atoms with Crippen LogP contribution in [-0.4, -0.2) is 29.2 Å². The first-order valence-electron chi connectivity index (χ1n) is 10.0. The molecule has 0 saturated carbocycles. The molecule has 4 rings (SSSR count). The maximum Gasteiger partial charge on any atom is 0.336 e. The monoisotopic (exact) mass is 408 g/mol. The van der Waals surface area contributed by atoms with Crippen LogP contribution in [0.5, 0.6) is 5.75 Å². The van der Waals surface area contributed by atoms with Crippen molar-refractivity contribution in [3.63, 3.8) is 0 Å². The fourth-order valence-electron chi connectivity index (χ4n) is 3.81. The molecule has 0 unspecified atom stereocenters. The summed E-state index contributed by atoms with van der Waals surface area (Å²) in [5.74, 6) is 0.462. The van der Waals surface area contributed by atoms with E-state index in [9.17, 15) is 9.59 Å². The predicted molar refractivity (Wildman–Crippen MR) is 111 cm³/mol. The zero-order valence-electron chi connectivity index (χ0n) is 17.1. The molecule has 0 saturated heterocycles. The molecule has 30 heavy (non-hydrogen) atoms. The Morgan fingerprint density at radius 1 is 1.27 bits per heavy atom. The van der Waals surface area contributed by atoms with Crippen molar-refractivity contribution in [3.05, 3.63) is 69.3 Å². The zero-order valence-corrected chi connectivity index (χ0v) is 17.1. The second-order valence-electron chi connectivity index (χ2n) is 7.39. The molecule has 0 atom stereocenters. The number of hydrogen-bond acceptors (Lipinski definition) is 7. The van der Waals surface area contributed by atoms with Gasteiger partial charge < -0.3 is 13.9 Å². The minimum absolute atomic E-state index is 0.238. The second kappa shape index (κ2) is 8.67. The van der Waals surface area contributed by atoms with Crippen LogP contribution in [0.4, 0.5) is 0 Å². The molecule has 0 amide bonds. The van der Waals surface area contributed by atoms with Crippen LogP contribution in [0, 0.1) is 6.92 Å². The smallest absolute Gasteiger partial charge is 0.336 e. The van der Waals surface area contributed by atoms with E-state index in [0.29, 0.717) is 44.2 Å². The summed E-state index contributed by atoms with van der Waals surface area (Å²) in [6.45, 7) is 5.71. The Hall–Kier alpha value is -3.19. The summed E-state index contributed by atoms with van der Waals surface area (Å²) in [7, 11) is 0. The van der Waals surface area contributed by atoms with Crippen molar-refractivity contribution in [2.75, 3.05) is 13.3 Å². The van der Waals surface area contributed by atoms with Gasteiger partial charge in [-0.25, -0.2) is 4.79 Å². The first kappa shape index (κ1) is 20.1. The van der Waals surface area contributed by atoms with E-state index in [-0.39, 0.29) is 18.0 Å². The largest absolute Gasteiger partial charge is 0.477 e. The summed E-state index contributed by atoms with van der Waals surface area (Å²) in [6.07, 6.45) is 4.30. The van der Waals surface area contributed by atoms with Gasteiger partial charge in [0.15, 0.2) is 0 Å². The number of fused-ring (bicyclic) bond motifs is 3. The van der Waals surface area contributed by atoms with Crippen molar-refractivity contribution in [2.24, 2.45) is 0 Å². The van der Waals surface area contributed by atoms with E-state index in [2.05, 4.69) is 9.88 Å². The van der Waals surface area contributed by atoms with E-state index in [1.807, 2.05) is 25.1 Å². The molecule has 0 bridgehead atoms. The average Bonchev–Trinajstić information content (AvgIpc) is 2.73. The summed E-state index contributed by atoms with van der Waals surface area (Å²) in [4.78, 5) is 30.1. The number of rotatable bonds is 6. The normalized spacial score (nSPS) is 13.7. The van der Waals surface area contributed by atoms with Gasteiger partial charge in [-0.1, -0.05) is 0 Å². The maximum atomic E-state index is 12.0. The summed E-state index contributed by atoms with van der Waals surface area (Å²) in [6, 6.07) is 7.38. The number of hydrogen-bond donors (Lipinski definition) is 0. The molecule has 7 heteroatoms. The molecular formula is C23H24N2O5. The third-order valence-electron chi connectivity index (χ3n) is 5.20. The highest BCUT2D eigenvalue weighted by Crippen LogP contribution is 2.37. The van der Waals surface area contributed by atoms with Gasteiger partial charge in [0, 0.05) is 43.4 Å². The van der Waals surface area contributed by atoms with Gasteiger partial charge in [0.1, 0.15) is 18.1 Å². The standard InChI is InChI=1S/C23H24N2O5/c1-3-28-20(26)5-4-17-11-18-15(2)10-21(27)30-23(18)19-13-25(14-29-22(17)19)12-16-6-8-24-9-7-16/h6-11H,3-5,12-14H2,1-2H3. The average molecular weight is 408 g/mol. The van der Waals surface area contributed by atoms with Crippen molar-refractivity contribution in [1.82, 2.24) is 9.88 Å². The predicted octanol–water partition coefficient (Wildman–Crippen LogP) is 3.34. The Morgan fingerprint density at radius 2 is 2.07 bits per heavy atom.